The van der Waals surface area contributed by atoms with E-state index in [9.17, 15) is 14.4 Å². The van der Waals surface area contributed by atoms with Gasteiger partial charge in [-0.1, -0.05) is 36.4 Å². The molecule has 1 amide bonds. The minimum Gasteiger partial charge on any atom is -0.371 e. The molecule has 2 N–H and O–H groups in total. The van der Waals surface area contributed by atoms with Crippen LogP contribution in [-0.2, 0) is 0 Å². The molecular weight excluding hydrogens is 317 g/mol. The van der Waals surface area contributed by atoms with E-state index in [2.05, 4.69) is 6.07 Å². The Morgan fingerprint density at radius 1 is 1.16 bits per heavy atom. The molecule has 0 bridgehead atoms. The van der Waals surface area contributed by atoms with Gasteiger partial charge >= 0.3 is 0 Å². The van der Waals surface area contributed by atoms with Gasteiger partial charge in [0.1, 0.15) is 5.82 Å². The third kappa shape index (κ3) is 3.48. The lowest BCUT2D eigenvalue weighted by Crippen LogP contribution is -2.37. The number of carbonyl (C=O) groups is 1. The van der Waals surface area contributed by atoms with E-state index in [4.69, 9.17) is 5.73 Å². The molecule has 4 nitrogen and oxygen atoms in total. The summed E-state index contributed by atoms with van der Waals surface area (Å²) >= 11 is 0. The van der Waals surface area contributed by atoms with Gasteiger partial charge in [-0.3, -0.25) is 4.79 Å². The van der Waals surface area contributed by atoms with Gasteiger partial charge in [0.25, 0.3) is 5.91 Å². The highest BCUT2D eigenvalue weighted by molar-refractivity contribution is 5.99. The summed E-state index contributed by atoms with van der Waals surface area (Å²) in [7, 11) is 0. The van der Waals surface area contributed by atoms with E-state index in [1.807, 2.05) is 35.2 Å². The molecule has 1 heterocycles. The molecule has 0 spiro atoms. The molecule has 2 aromatic carbocycles. The molecule has 1 fully saturated rings. The minimum atomic E-state index is -0.755. The Hall–Kier alpha value is -2.87. The van der Waals surface area contributed by atoms with Crippen LogP contribution in [-0.4, -0.2) is 19.0 Å². The third-order valence-electron chi connectivity index (χ3n) is 4.89. The first kappa shape index (κ1) is 17.0. The van der Waals surface area contributed by atoms with E-state index < -0.39 is 11.7 Å². The number of nitrogens with two attached hydrogens (primary N) is 1. The van der Waals surface area contributed by atoms with Crippen molar-refractivity contribution in [1.82, 2.24) is 0 Å². The Morgan fingerprint density at radius 2 is 1.84 bits per heavy atom. The van der Waals surface area contributed by atoms with Crippen LogP contribution in [0.5, 0.6) is 0 Å². The van der Waals surface area contributed by atoms with Crippen molar-refractivity contribution >= 4 is 11.6 Å². The maximum atomic E-state index is 14.0. The molecule has 3 rings (SSSR count). The maximum Gasteiger partial charge on any atom is 0.253 e. The van der Waals surface area contributed by atoms with Gasteiger partial charge in [-0.15, -0.1) is 0 Å². The number of halogens is 1. The molecule has 128 valence electrons. The number of piperidine rings is 1. The van der Waals surface area contributed by atoms with Gasteiger partial charge in [-0.25, -0.2) is 4.39 Å². The highest BCUT2D eigenvalue weighted by atomic mass is 19.1. The van der Waals surface area contributed by atoms with Crippen LogP contribution >= 0.6 is 0 Å². The zero-order chi connectivity index (χ0) is 17.8. The Kier molecular flexibility index (Phi) is 4.99. The van der Waals surface area contributed by atoms with Crippen LogP contribution < -0.4 is 10.6 Å². The largest absolute Gasteiger partial charge is 0.371 e. The topological polar surface area (TPSA) is 70.1 Å². The molecule has 0 aromatic heterocycles. The summed E-state index contributed by atoms with van der Waals surface area (Å²) in [5, 5.41) is 9.59. The zero-order valence-electron chi connectivity index (χ0n) is 13.9. The molecule has 25 heavy (non-hydrogen) atoms. The summed E-state index contributed by atoms with van der Waals surface area (Å²) in [5.41, 5.74) is 6.87. The van der Waals surface area contributed by atoms with Crippen LogP contribution in [0.4, 0.5) is 10.1 Å². The number of hydrogen-bond donors (Lipinski definition) is 1. The smallest absolute Gasteiger partial charge is 0.253 e. The fraction of sp³-hybridized carbons (Fsp3) is 0.300. The standard InChI is InChI=1S/C20H20FN3O/c21-17-7-4-8-18(19(17)20(23)25)24-11-9-15(10-12-24)16(13-22)14-5-2-1-3-6-14/h1-8,15-16H,9-12H2,(H2,23,25). The number of amides is 1. The quantitative estimate of drug-likeness (QED) is 0.929. The number of nitrogens with zero attached hydrogens (tertiary/aromatic N) is 2. The predicted octanol–water partition coefficient (Wildman–Crippen LogP) is 3.45. The van der Waals surface area contributed by atoms with Crippen molar-refractivity contribution in [2.24, 2.45) is 11.7 Å². The summed E-state index contributed by atoms with van der Waals surface area (Å²) in [4.78, 5) is 13.6. The molecule has 1 unspecified atom stereocenters. The van der Waals surface area contributed by atoms with Crippen LogP contribution in [0.1, 0.15) is 34.7 Å². The van der Waals surface area contributed by atoms with Crippen LogP contribution in [0.15, 0.2) is 48.5 Å². The van der Waals surface area contributed by atoms with Gasteiger partial charge in [0.15, 0.2) is 0 Å². The Balaban J connectivity index is 1.76. The molecular formula is C20H20FN3O. The van der Waals surface area contributed by atoms with Crippen molar-refractivity contribution in [1.29, 1.82) is 5.26 Å². The number of hydrogen-bond acceptors (Lipinski definition) is 3. The fourth-order valence-electron chi connectivity index (χ4n) is 3.61. The average molecular weight is 337 g/mol. The second-order valence-corrected chi connectivity index (χ2v) is 6.34. The van der Waals surface area contributed by atoms with Crippen molar-refractivity contribution < 1.29 is 9.18 Å². The van der Waals surface area contributed by atoms with Crippen molar-refractivity contribution in [3.63, 3.8) is 0 Å². The molecule has 1 saturated heterocycles. The number of primary amides is 1. The summed E-state index contributed by atoms with van der Waals surface area (Å²) in [6.07, 6.45) is 1.61. The normalized spacial score (nSPS) is 16.2. The number of anilines is 1. The lowest BCUT2D eigenvalue weighted by atomic mass is 9.81. The number of nitriles is 1. The van der Waals surface area contributed by atoms with Crippen LogP contribution in [0.2, 0.25) is 0 Å². The van der Waals surface area contributed by atoms with Gasteiger partial charge in [0.2, 0.25) is 0 Å². The molecule has 5 heteroatoms. The highest BCUT2D eigenvalue weighted by Crippen LogP contribution is 2.34. The SMILES string of the molecule is N#CC(c1ccccc1)C1CCN(c2cccc(F)c2C(N)=O)CC1. The first-order valence-electron chi connectivity index (χ1n) is 8.39. The predicted molar refractivity (Wildman–Crippen MR) is 94.7 cm³/mol. The average Bonchev–Trinajstić information content (AvgIpc) is 2.63. The van der Waals surface area contributed by atoms with Crippen molar-refractivity contribution in [3.05, 3.63) is 65.5 Å². The van der Waals surface area contributed by atoms with Gasteiger partial charge < -0.3 is 10.6 Å². The van der Waals surface area contributed by atoms with E-state index in [-0.39, 0.29) is 17.4 Å². The summed E-state index contributed by atoms with van der Waals surface area (Å²) < 4.78 is 14.0. The minimum absolute atomic E-state index is 0.0548. The summed E-state index contributed by atoms with van der Waals surface area (Å²) in [6.45, 7) is 1.33. The molecule has 2 aromatic rings. The Morgan fingerprint density at radius 3 is 2.44 bits per heavy atom. The number of rotatable bonds is 4. The first-order valence-corrected chi connectivity index (χ1v) is 8.39. The van der Waals surface area contributed by atoms with Crippen LogP contribution in [0.25, 0.3) is 0 Å². The molecule has 0 saturated carbocycles. The van der Waals surface area contributed by atoms with Crippen LogP contribution in [0.3, 0.4) is 0 Å². The molecule has 1 aliphatic heterocycles. The van der Waals surface area contributed by atoms with E-state index in [1.54, 1.807) is 12.1 Å². The maximum absolute atomic E-state index is 14.0. The molecule has 1 aliphatic rings. The lowest BCUT2D eigenvalue weighted by molar-refractivity contribution is 0.0997. The molecule has 0 radical (unpaired) electrons. The van der Waals surface area contributed by atoms with Crippen molar-refractivity contribution in [2.75, 3.05) is 18.0 Å². The monoisotopic (exact) mass is 337 g/mol. The van der Waals surface area contributed by atoms with E-state index in [0.29, 0.717) is 18.8 Å². The zero-order valence-corrected chi connectivity index (χ0v) is 13.9. The first-order chi connectivity index (χ1) is 12.1. The summed E-state index contributed by atoms with van der Waals surface area (Å²) in [5.74, 6) is -1.25. The van der Waals surface area contributed by atoms with Crippen molar-refractivity contribution in [2.45, 2.75) is 18.8 Å². The Bertz CT molecular complexity index is 792. The number of carbonyl (C=O) groups excluding carboxylic acids is 1. The summed E-state index contributed by atoms with van der Waals surface area (Å²) in [6, 6.07) is 16.8. The van der Waals surface area contributed by atoms with Gasteiger partial charge in [-0.2, -0.15) is 5.26 Å². The van der Waals surface area contributed by atoms with Crippen LogP contribution in [0, 0.1) is 23.1 Å². The second kappa shape index (κ2) is 7.35. The van der Waals surface area contributed by atoms with E-state index in [1.165, 1.54) is 6.07 Å². The molecule has 0 aliphatic carbocycles. The molecule has 1 atom stereocenters. The fourth-order valence-corrected chi connectivity index (χ4v) is 3.61. The third-order valence-corrected chi connectivity index (χ3v) is 4.89. The van der Waals surface area contributed by atoms with Crippen molar-refractivity contribution in [3.8, 4) is 6.07 Å². The highest BCUT2D eigenvalue weighted by Gasteiger charge is 2.29. The number of benzene rings is 2. The van der Waals surface area contributed by atoms with E-state index in [0.717, 1.165) is 18.4 Å². The second-order valence-electron chi connectivity index (χ2n) is 6.34. The van der Waals surface area contributed by atoms with Gasteiger partial charge in [0.05, 0.1) is 23.2 Å². The van der Waals surface area contributed by atoms with E-state index >= 15 is 0 Å². The Labute approximate surface area is 146 Å². The lowest BCUT2D eigenvalue weighted by Gasteiger charge is -2.36. The van der Waals surface area contributed by atoms with Gasteiger partial charge in [0, 0.05) is 13.1 Å². The van der Waals surface area contributed by atoms with Gasteiger partial charge in [-0.05, 0) is 36.5 Å².